The lowest BCUT2D eigenvalue weighted by atomic mass is 9.95. The first-order valence-electron chi connectivity index (χ1n) is 7.29. The molecule has 3 nitrogen and oxygen atoms in total. The molecule has 0 aromatic heterocycles. The fourth-order valence-electron chi connectivity index (χ4n) is 2.30. The molecule has 0 spiro atoms. The Hall–Kier alpha value is -2.13. The highest BCUT2D eigenvalue weighted by Gasteiger charge is 2.37. The second kappa shape index (κ2) is 6.55. The fourth-order valence-corrected chi connectivity index (χ4v) is 2.30. The van der Waals surface area contributed by atoms with Crippen molar-refractivity contribution in [3.05, 3.63) is 60.7 Å². The number of carbonyl (C=O) groups excluding carboxylic acids is 1. The fraction of sp³-hybridized carbons (Fsp3) is 0.278. The van der Waals surface area contributed by atoms with Crippen molar-refractivity contribution >= 4 is 17.3 Å². The van der Waals surface area contributed by atoms with Crippen molar-refractivity contribution in [2.45, 2.75) is 32.3 Å². The van der Waals surface area contributed by atoms with Crippen molar-refractivity contribution in [1.82, 2.24) is 0 Å². The second-order valence-corrected chi connectivity index (χ2v) is 5.05. The number of para-hydroxylation sites is 2. The van der Waals surface area contributed by atoms with Crippen LogP contribution in [-0.2, 0) is 4.79 Å². The van der Waals surface area contributed by atoms with Crippen LogP contribution in [0.2, 0.25) is 0 Å². The van der Waals surface area contributed by atoms with Crippen molar-refractivity contribution in [1.29, 1.82) is 0 Å². The van der Waals surface area contributed by atoms with E-state index in [1.807, 2.05) is 74.5 Å². The van der Waals surface area contributed by atoms with E-state index in [1.54, 1.807) is 4.90 Å². The molecule has 0 unspecified atom stereocenters. The van der Waals surface area contributed by atoms with Gasteiger partial charge in [-0.25, -0.2) is 0 Å². The van der Waals surface area contributed by atoms with E-state index in [9.17, 15) is 9.90 Å². The molecule has 110 valence electrons. The van der Waals surface area contributed by atoms with Crippen LogP contribution >= 0.6 is 0 Å². The Labute approximate surface area is 125 Å². The van der Waals surface area contributed by atoms with Crippen molar-refractivity contribution in [2.75, 3.05) is 4.90 Å². The Balaban J connectivity index is 2.50. The van der Waals surface area contributed by atoms with E-state index < -0.39 is 5.60 Å². The zero-order chi connectivity index (χ0) is 15.3. The molecule has 21 heavy (non-hydrogen) atoms. The normalized spacial score (nSPS) is 11.2. The molecule has 2 aromatic rings. The molecule has 0 heterocycles. The molecule has 0 bridgehead atoms. The number of nitrogens with zero attached hydrogens (tertiary/aromatic N) is 1. The van der Waals surface area contributed by atoms with Crippen LogP contribution in [0, 0.1) is 0 Å². The predicted octanol–water partition coefficient (Wildman–Crippen LogP) is 3.90. The number of anilines is 2. The van der Waals surface area contributed by atoms with Gasteiger partial charge >= 0.3 is 0 Å². The monoisotopic (exact) mass is 283 g/mol. The zero-order valence-electron chi connectivity index (χ0n) is 12.5. The molecule has 0 atom stereocenters. The SMILES string of the molecule is CCC(O)(CC)C(=O)N(c1ccccc1)c1ccccc1. The topological polar surface area (TPSA) is 40.5 Å². The van der Waals surface area contributed by atoms with Gasteiger partial charge in [0, 0.05) is 11.4 Å². The molecule has 0 radical (unpaired) electrons. The lowest BCUT2D eigenvalue weighted by molar-refractivity contribution is -0.136. The standard InChI is InChI=1S/C18H21NO2/c1-3-18(21,4-2)17(20)19(15-11-7-5-8-12-15)16-13-9-6-10-14-16/h5-14,21H,3-4H2,1-2H3. The number of benzene rings is 2. The highest BCUT2D eigenvalue weighted by atomic mass is 16.3. The number of carbonyl (C=O) groups is 1. The molecule has 2 aromatic carbocycles. The third-order valence-electron chi connectivity index (χ3n) is 3.80. The molecule has 0 aliphatic rings. The molecule has 0 aliphatic heterocycles. The van der Waals surface area contributed by atoms with Gasteiger partial charge in [-0.05, 0) is 37.1 Å². The summed E-state index contributed by atoms with van der Waals surface area (Å²) in [6.07, 6.45) is 0.775. The number of aliphatic hydroxyl groups is 1. The molecule has 0 fully saturated rings. The molecular formula is C18H21NO2. The third kappa shape index (κ3) is 3.14. The van der Waals surface area contributed by atoms with E-state index in [0.29, 0.717) is 12.8 Å². The zero-order valence-corrected chi connectivity index (χ0v) is 12.5. The van der Waals surface area contributed by atoms with Crippen LogP contribution in [-0.4, -0.2) is 16.6 Å². The molecule has 1 amide bonds. The third-order valence-corrected chi connectivity index (χ3v) is 3.80. The van der Waals surface area contributed by atoms with Gasteiger partial charge in [0.2, 0.25) is 0 Å². The number of rotatable bonds is 5. The minimum absolute atomic E-state index is 0.287. The van der Waals surface area contributed by atoms with Gasteiger partial charge in [-0.3, -0.25) is 9.69 Å². The van der Waals surface area contributed by atoms with Crippen molar-refractivity contribution in [2.24, 2.45) is 0 Å². The van der Waals surface area contributed by atoms with Gasteiger partial charge in [0.15, 0.2) is 0 Å². The van der Waals surface area contributed by atoms with Crippen LogP contribution in [0.1, 0.15) is 26.7 Å². The Bertz CT molecular complexity index is 537. The van der Waals surface area contributed by atoms with Gasteiger partial charge < -0.3 is 5.11 Å². The Kier molecular flexibility index (Phi) is 4.76. The second-order valence-electron chi connectivity index (χ2n) is 5.05. The van der Waals surface area contributed by atoms with E-state index in [0.717, 1.165) is 11.4 Å². The van der Waals surface area contributed by atoms with Crippen LogP contribution in [0.4, 0.5) is 11.4 Å². The first-order valence-corrected chi connectivity index (χ1v) is 7.29. The van der Waals surface area contributed by atoms with Gasteiger partial charge in [-0.15, -0.1) is 0 Å². The molecule has 0 saturated heterocycles. The molecule has 0 saturated carbocycles. The van der Waals surface area contributed by atoms with Crippen LogP contribution in [0.15, 0.2) is 60.7 Å². The van der Waals surface area contributed by atoms with Gasteiger partial charge in [0.25, 0.3) is 5.91 Å². The van der Waals surface area contributed by atoms with Gasteiger partial charge in [0.1, 0.15) is 5.60 Å². The molecular weight excluding hydrogens is 262 g/mol. The Morgan fingerprint density at radius 2 is 1.29 bits per heavy atom. The quantitative estimate of drug-likeness (QED) is 0.904. The number of hydrogen-bond acceptors (Lipinski definition) is 2. The van der Waals surface area contributed by atoms with Gasteiger partial charge in [-0.2, -0.15) is 0 Å². The minimum atomic E-state index is -1.34. The molecule has 3 heteroatoms. The number of hydrogen-bond donors (Lipinski definition) is 1. The van der Waals surface area contributed by atoms with Crippen LogP contribution in [0.5, 0.6) is 0 Å². The summed E-state index contributed by atoms with van der Waals surface area (Å²) in [5.74, 6) is -0.287. The average Bonchev–Trinajstić information content (AvgIpc) is 2.56. The van der Waals surface area contributed by atoms with Crippen LogP contribution in [0.25, 0.3) is 0 Å². The van der Waals surface area contributed by atoms with Gasteiger partial charge in [0.05, 0.1) is 0 Å². The lowest BCUT2D eigenvalue weighted by Gasteiger charge is -2.32. The van der Waals surface area contributed by atoms with E-state index >= 15 is 0 Å². The van der Waals surface area contributed by atoms with E-state index in [4.69, 9.17) is 0 Å². The van der Waals surface area contributed by atoms with E-state index in [1.165, 1.54) is 0 Å². The Morgan fingerprint density at radius 1 is 0.905 bits per heavy atom. The first kappa shape index (κ1) is 15.3. The summed E-state index contributed by atoms with van der Waals surface area (Å²) >= 11 is 0. The summed E-state index contributed by atoms with van der Waals surface area (Å²) in [5.41, 5.74) is 0.175. The number of amides is 1. The maximum absolute atomic E-state index is 12.9. The highest BCUT2D eigenvalue weighted by Crippen LogP contribution is 2.30. The predicted molar refractivity (Wildman–Crippen MR) is 85.6 cm³/mol. The lowest BCUT2D eigenvalue weighted by Crippen LogP contribution is -2.46. The molecule has 2 rings (SSSR count). The van der Waals surface area contributed by atoms with Crippen LogP contribution < -0.4 is 4.90 Å². The largest absolute Gasteiger partial charge is 0.380 e. The van der Waals surface area contributed by atoms with Crippen LogP contribution in [0.3, 0.4) is 0 Å². The summed E-state index contributed by atoms with van der Waals surface area (Å²) < 4.78 is 0. The summed E-state index contributed by atoms with van der Waals surface area (Å²) in [6, 6.07) is 18.8. The molecule has 0 aliphatic carbocycles. The maximum Gasteiger partial charge on any atom is 0.263 e. The van der Waals surface area contributed by atoms with Gasteiger partial charge in [-0.1, -0.05) is 50.2 Å². The smallest absolute Gasteiger partial charge is 0.263 e. The maximum atomic E-state index is 12.9. The highest BCUT2D eigenvalue weighted by molar-refractivity contribution is 6.05. The average molecular weight is 283 g/mol. The summed E-state index contributed by atoms with van der Waals surface area (Å²) in [6.45, 7) is 3.66. The summed E-state index contributed by atoms with van der Waals surface area (Å²) in [4.78, 5) is 14.5. The van der Waals surface area contributed by atoms with E-state index in [-0.39, 0.29) is 5.91 Å². The minimum Gasteiger partial charge on any atom is -0.380 e. The van der Waals surface area contributed by atoms with Crippen molar-refractivity contribution in [3.63, 3.8) is 0 Å². The van der Waals surface area contributed by atoms with Crippen molar-refractivity contribution in [3.8, 4) is 0 Å². The van der Waals surface area contributed by atoms with Crippen molar-refractivity contribution < 1.29 is 9.90 Å². The first-order chi connectivity index (χ1) is 10.1. The summed E-state index contributed by atoms with van der Waals surface area (Å²) in [5, 5.41) is 10.6. The Morgan fingerprint density at radius 3 is 1.62 bits per heavy atom. The summed E-state index contributed by atoms with van der Waals surface area (Å²) in [7, 11) is 0. The molecule has 1 N–H and O–H groups in total. The van der Waals surface area contributed by atoms with E-state index in [2.05, 4.69) is 0 Å².